The predicted molar refractivity (Wildman–Crippen MR) is 65.0 cm³/mol. The van der Waals surface area contributed by atoms with E-state index in [0.717, 1.165) is 22.2 Å². The number of carboxylic acids is 1. The van der Waals surface area contributed by atoms with Crippen molar-refractivity contribution in [1.29, 1.82) is 0 Å². The van der Waals surface area contributed by atoms with Gasteiger partial charge in [-0.1, -0.05) is 0 Å². The fourth-order valence-electron chi connectivity index (χ4n) is 1.70. The summed E-state index contributed by atoms with van der Waals surface area (Å²) in [5, 5.41) is 10.8. The Morgan fingerprint density at radius 2 is 2.21 bits per heavy atom. The Morgan fingerprint density at radius 3 is 2.79 bits per heavy atom. The Hall–Kier alpha value is -2.22. The Bertz CT molecular complexity index is 730. The molecule has 7 nitrogen and oxygen atoms in total. The van der Waals surface area contributed by atoms with E-state index in [-0.39, 0.29) is 10.3 Å². The number of methoxy groups -OCH3 is 1. The summed E-state index contributed by atoms with van der Waals surface area (Å²) < 4.78 is 5.54. The summed E-state index contributed by atoms with van der Waals surface area (Å²) in [6, 6.07) is 0. The van der Waals surface area contributed by atoms with Gasteiger partial charge in [0.25, 0.3) is 5.56 Å². The van der Waals surface area contributed by atoms with Gasteiger partial charge in [0.15, 0.2) is 0 Å². The highest BCUT2D eigenvalue weighted by molar-refractivity contribution is 7.20. The molecule has 0 aliphatic carbocycles. The van der Waals surface area contributed by atoms with Gasteiger partial charge in [-0.25, -0.2) is 9.78 Å². The van der Waals surface area contributed by atoms with E-state index < -0.39 is 24.0 Å². The zero-order valence-electron chi connectivity index (χ0n) is 10.1. The van der Waals surface area contributed by atoms with Gasteiger partial charge in [-0.15, -0.1) is 11.3 Å². The van der Waals surface area contributed by atoms with Crippen molar-refractivity contribution in [3.63, 3.8) is 0 Å². The number of carbonyl (C=O) groups is 2. The number of thiophene rings is 1. The van der Waals surface area contributed by atoms with E-state index in [4.69, 9.17) is 0 Å². The maximum absolute atomic E-state index is 12.1. The summed E-state index contributed by atoms with van der Waals surface area (Å²) in [6.45, 7) is 1.02. The number of hydrogen-bond acceptors (Lipinski definition) is 7. The quantitative estimate of drug-likeness (QED) is 0.690. The molecule has 0 radical (unpaired) electrons. The molecule has 0 spiro atoms. The van der Waals surface area contributed by atoms with E-state index in [1.54, 1.807) is 6.92 Å². The zero-order valence-corrected chi connectivity index (χ0v) is 10.9. The second-order valence-corrected chi connectivity index (χ2v) is 4.78. The lowest BCUT2D eigenvalue weighted by molar-refractivity contribution is -0.306. The van der Waals surface area contributed by atoms with Crippen LogP contribution >= 0.6 is 11.3 Å². The number of carbonyl (C=O) groups excluding carboxylic acids is 2. The minimum Gasteiger partial charge on any atom is -0.548 e. The van der Waals surface area contributed by atoms with Crippen molar-refractivity contribution in [2.75, 3.05) is 7.11 Å². The molecule has 0 bridgehead atoms. The van der Waals surface area contributed by atoms with Crippen molar-refractivity contribution in [2.45, 2.75) is 13.5 Å². The Labute approximate surface area is 111 Å². The number of aromatic nitrogens is 2. The molecule has 100 valence electrons. The first-order valence-electron chi connectivity index (χ1n) is 5.22. The molecule has 0 saturated carbocycles. The van der Waals surface area contributed by atoms with Crippen LogP contribution in [0.15, 0.2) is 11.1 Å². The van der Waals surface area contributed by atoms with Gasteiger partial charge in [0.2, 0.25) is 0 Å². The highest BCUT2D eigenvalue weighted by atomic mass is 32.1. The number of ether oxygens (including phenoxy) is 1. The van der Waals surface area contributed by atoms with Crippen LogP contribution in [0.4, 0.5) is 0 Å². The highest BCUT2D eigenvalue weighted by Gasteiger charge is 2.19. The molecule has 0 N–H and O–H groups in total. The molecule has 0 fully saturated rings. The summed E-state index contributed by atoms with van der Waals surface area (Å²) in [5.41, 5.74) is -0.0739. The standard InChI is InChI=1S/C11H10N2O5S/c1-5-7-9(19-8(5)11(17)18-2)12-4-13(10(7)16)3-6(14)15/h4H,3H2,1-2H3,(H,14,15)/p-1. The maximum Gasteiger partial charge on any atom is 0.348 e. The van der Waals surface area contributed by atoms with Gasteiger partial charge in [0.1, 0.15) is 9.71 Å². The molecule has 0 aliphatic rings. The molecule has 0 saturated heterocycles. The average molecular weight is 281 g/mol. The molecular weight excluding hydrogens is 272 g/mol. The van der Waals surface area contributed by atoms with Crippen molar-refractivity contribution in [1.82, 2.24) is 9.55 Å². The second-order valence-electron chi connectivity index (χ2n) is 3.78. The number of nitrogens with zero attached hydrogens (tertiary/aromatic N) is 2. The lowest BCUT2D eigenvalue weighted by Crippen LogP contribution is -2.32. The fraction of sp³-hybridized carbons (Fsp3) is 0.273. The molecule has 2 rings (SSSR count). The number of carboxylic acid groups (broad SMARTS) is 1. The normalized spacial score (nSPS) is 10.6. The largest absolute Gasteiger partial charge is 0.548 e. The number of esters is 1. The topological polar surface area (TPSA) is 101 Å². The lowest BCUT2D eigenvalue weighted by Gasteiger charge is -2.05. The van der Waals surface area contributed by atoms with Crippen molar-refractivity contribution >= 4 is 33.5 Å². The van der Waals surface area contributed by atoms with Crippen LogP contribution in [0.2, 0.25) is 0 Å². The van der Waals surface area contributed by atoms with E-state index in [1.807, 2.05) is 0 Å². The molecule has 2 heterocycles. The molecule has 0 aromatic carbocycles. The van der Waals surface area contributed by atoms with Crippen LogP contribution < -0.4 is 10.7 Å². The number of rotatable bonds is 3. The molecule has 0 aliphatic heterocycles. The van der Waals surface area contributed by atoms with Gasteiger partial charge in [0.05, 0.1) is 31.3 Å². The predicted octanol–water partition coefficient (Wildman–Crippen LogP) is -0.697. The third-order valence-corrected chi connectivity index (χ3v) is 3.77. The van der Waals surface area contributed by atoms with Crippen LogP contribution in [0.3, 0.4) is 0 Å². The minimum atomic E-state index is -1.38. The summed E-state index contributed by atoms with van der Waals surface area (Å²) >= 11 is 1.04. The zero-order chi connectivity index (χ0) is 14.2. The number of hydrogen-bond donors (Lipinski definition) is 0. The number of fused-ring (bicyclic) bond motifs is 1. The van der Waals surface area contributed by atoms with Crippen molar-refractivity contribution in [3.05, 3.63) is 27.1 Å². The van der Waals surface area contributed by atoms with Gasteiger partial charge in [-0.2, -0.15) is 0 Å². The summed E-state index contributed by atoms with van der Waals surface area (Å²) in [5.74, 6) is -1.93. The fourth-order valence-corrected chi connectivity index (χ4v) is 2.76. The third-order valence-electron chi connectivity index (χ3n) is 2.59. The SMILES string of the molecule is COC(=O)c1sc2ncn(CC(=O)[O-])c(=O)c2c1C. The average Bonchev–Trinajstić information content (AvgIpc) is 2.69. The summed E-state index contributed by atoms with van der Waals surface area (Å²) in [4.78, 5) is 38.8. The van der Waals surface area contributed by atoms with Crippen LogP contribution in [-0.2, 0) is 16.1 Å². The molecular formula is C11H9N2O5S-. The molecule has 0 amide bonds. The third kappa shape index (κ3) is 2.22. The van der Waals surface area contributed by atoms with Crippen LogP contribution in [0.1, 0.15) is 15.2 Å². The summed E-state index contributed by atoms with van der Waals surface area (Å²) in [6.07, 6.45) is 1.12. The van der Waals surface area contributed by atoms with E-state index in [1.165, 1.54) is 7.11 Å². The van der Waals surface area contributed by atoms with Crippen molar-refractivity contribution in [3.8, 4) is 0 Å². The van der Waals surface area contributed by atoms with E-state index in [0.29, 0.717) is 10.4 Å². The Morgan fingerprint density at radius 1 is 1.53 bits per heavy atom. The van der Waals surface area contributed by atoms with Crippen LogP contribution in [0.25, 0.3) is 10.2 Å². The van der Waals surface area contributed by atoms with Gasteiger partial charge in [-0.3, -0.25) is 9.36 Å². The van der Waals surface area contributed by atoms with Crippen LogP contribution in [0, 0.1) is 6.92 Å². The van der Waals surface area contributed by atoms with Crippen LogP contribution in [0.5, 0.6) is 0 Å². The van der Waals surface area contributed by atoms with Crippen LogP contribution in [-0.4, -0.2) is 28.6 Å². The number of aliphatic carboxylic acids is 1. The molecule has 19 heavy (non-hydrogen) atoms. The summed E-state index contributed by atoms with van der Waals surface area (Å²) in [7, 11) is 1.24. The Balaban J connectivity index is 2.69. The number of aryl methyl sites for hydroxylation is 1. The first-order valence-corrected chi connectivity index (χ1v) is 6.04. The van der Waals surface area contributed by atoms with Crippen molar-refractivity contribution < 1.29 is 19.4 Å². The molecule has 2 aromatic rings. The molecule has 2 aromatic heterocycles. The van der Waals surface area contributed by atoms with Gasteiger partial charge < -0.3 is 14.6 Å². The Kier molecular flexibility index (Phi) is 3.34. The second kappa shape index (κ2) is 4.81. The van der Waals surface area contributed by atoms with E-state index in [9.17, 15) is 19.5 Å². The first kappa shape index (κ1) is 13.2. The highest BCUT2D eigenvalue weighted by Crippen LogP contribution is 2.27. The van der Waals surface area contributed by atoms with Gasteiger partial charge >= 0.3 is 5.97 Å². The molecule has 8 heteroatoms. The van der Waals surface area contributed by atoms with Crippen molar-refractivity contribution in [2.24, 2.45) is 0 Å². The van der Waals surface area contributed by atoms with E-state index in [2.05, 4.69) is 9.72 Å². The van der Waals surface area contributed by atoms with Gasteiger partial charge in [0, 0.05) is 0 Å². The minimum absolute atomic E-state index is 0.231. The first-order chi connectivity index (χ1) is 8.95. The van der Waals surface area contributed by atoms with E-state index >= 15 is 0 Å². The lowest BCUT2D eigenvalue weighted by atomic mass is 10.2. The van der Waals surface area contributed by atoms with Gasteiger partial charge in [-0.05, 0) is 12.5 Å². The molecule has 0 atom stereocenters. The smallest absolute Gasteiger partial charge is 0.348 e. The maximum atomic E-state index is 12.1. The monoisotopic (exact) mass is 281 g/mol. The molecule has 0 unspecified atom stereocenters.